The van der Waals surface area contributed by atoms with Crippen LogP contribution in [0.2, 0.25) is 0 Å². The molecule has 0 fully saturated rings. The molecule has 0 amide bonds. The van der Waals surface area contributed by atoms with Gasteiger partial charge in [-0.3, -0.25) is 5.10 Å². The Hall–Kier alpha value is -2.17. The Labute approximate surface area is 110 Å². The minimum atomic E-state index is -0.416. The maximum atomic E-state index is 12.9. The summed E-state index contributed by atoms with van der Waals surface area (Å²) in [5.74, 6) is -0.696. The van der Waals surface area contributed by atoms with Crippen molar-refractivity contribution >= 4 is 5.97 Å². The van der Waals surface area contributed by atoms with Crippen molar-refractivity contribution in [3.8, 4) is 0 Å². The van der Waals surface area contributed by atoms with Crippen LogP contribution in [0, 0.1) is 12.7 Å². The van der Waals surface area contributed by atoms with Crippen LogP contribution in [0.5, 0.6) is 0 Å². The van der Waals surface area contributed by atoms with E-state index in [1.807, 2.05) is 6.92 Å². The highest BCUT2D eigenvalue weighted by Gasteiger charge is 2.18. The Morgan fingerprint density at radius 1 is 1.37 bits per heavy atom. The van der Waals surface area contributed by atoms with Gasteiger partial charge < -0.3 is 4.74 Å². The van der Waals surface area contributed by atoms with E-state index in [-0.39, 0.29) is 5.82 Å². The molecule has 0 unspecified atom stereocenters. The fraction of sp³-hybridized carbons (Fsp3) is 0.286. The molecule has 1 aromatic heterocycles. The summed E-state index contributed by atoms with van der Waals surface area (Å²) in [6, 6.07) is 6.18. The van der Waals surface area contributed by atoms with Crippen molar-refractivity contribution in [2.45, 2.75) is 20.3 Å². The predicted molar refractivity (Wildman–Crippen MR) is 68.5 cm³/mol. The summed E-state index contributed by atoms with van der Waals surface area (Å²) in [5.41, 5.74) is 2.80. The Morgan fingerprint density at radius 3 is 2.68 bits per heavy atom. The fourth-order valence-electron chi connectivity index (χ4n) is 1.85. The molecule has 0 aliphatic carbocycles. The highest BCUT2D eigenvalue weighted by molar-refractivity contribution is 5.89. The Balaban J connectivity index is 2.26. The van der Waals surface area contributed by atoms with Crippen molar-refractivity contribution in [3.63, 3.8) is 0 Å². The van der Waals surface area contributed by atoms with E-state index in [2.05, 4.69) is 10.2 Å². The number of carbonyl (C=O) groups is 1. The molecule has 1 N–H and O–H groups in total. The predicted octanol–water partition coefficient (Wildman–Crippen LogP) is 2.62. The maximum absolute atomic E-state index is 12.9. The number of aromatic nitrogens is 2. The Kier molecular flexibility index (Phi) is 3.94. The smallest absolute Gasteiger partial charge is 0.356 e. The number of nitrogens with one attached hydrogen (secondary N) is 1. The highest BCUT2D eigenvalue weighted by atomic mass is 19.1. The van der Waals surface area contributed by atoms with Crippen LogP contribution in [0.25, 0.3) is 0 Å². The van der Waals surface area contributed by atoms with E-state index in [0.717, 1.165) is 16.8 Å². The van der Waals surface area contributed by atoms with E-state index < -0.39 is 5.97 Å². The molecule has 100 valence electrons. The number of hydrogen-bond acceptors (Lipinski definition) is 3. The van der Waals surface area contributed by atoms with Gasteiger partial charge >= 0.3 is 5.97 Å². The van der Waals surface area contributed by atoms with Gasteiger partial charge in [0.25, 0.3) is 0 Å². The van der Waals surface area contributed by atoms with Gasteiger partial charge in [0.2, 0.25) is 0 Å². The first-order chi connectivity index (χ1) is 9.11. The highest BCUT2D eigenvalue weighted by Crippen LogP contribution is 2.17. The molecule has 0 aliphatic heterocycles. The Morgan fingerprint density at radius 2 is 2.05 bits per heavy atom. The van der Waals surface area contributed by atoms with Crippen LogP contribution in [0.15, 0.2) is 24.3 Å². The summed E-state index contributed by atoms with van der Waals surface area (Å²) in [5, 5.41) is 6.73. The normalized spacial score (nSPS) is 10.5. The van der Waals surface area contributed by atoms with Gasteiger partial charge in [-0.1, -0.05) is 12.1 Å². The second-order valence-electron chi connectivity index (χ2n) is 4.19. The van der Waals surface area contributed by atoms with Crippen LogP contribution in [-0.4, -0.2) is 22.8 Å². The molecule has 1 aromatic carbocycles. The summed E-state index contributed by atoms with van der Waals surface area (Å²) < 4.78 is 17.8. The molecule has 5 heteroatoms. The zero-order chi connectivity index (χ0) is 13.8. The molecule has 2 aromatic rings. The second-order valence-corrected chi connectivity index (χ2v) is 4.19. The van der Waals surface area contributed by atoms with E-state index >= 15 is 0 Å². The lowest BCUT2D eigenvalue weighted by molar-refractivity contribution is 0.0518. The number of carbonyl (C=O) groups excluding carboxylic acids is 1. The second kappa shape index (κ2) is 5.65. The van der Waals surface area contributed by atoms with Gasteiger partial charge in [0.05, 0.1) is 12.3 Å². The van der Waals surface area contributed by atoms with Gasteiger partial charge in [-0.2, -0.15) is 5.10 Å². The molecule has 0 saturated carbocycles. The quantitative estimate of drug-likeness (QED) is 0.862. The van der Waals surface area contributed by atoms with Crippen molar-refractivity contribution in [2.24, 2.45) is 0 Å². The molecule has 0 saturated heterocycles. The van der Waals surface area contributed by atoms with Crippen molar-refractivity contribution in [3.05, 3.63) is 52.6 Å². The van der Waals surface area contributed by atoms with Crippen LogP contribution < -0.4 is 0 Å². The van der Waals surface area contributed by atoms with E-state index in [0.29, 0.717) is 18.7 Å². The van der Waals surface area contributed by atoms with E-state index in [1.165, 1.54) is 12.1 Å². The van der Waals surface area contributed by atoms with Crippen LogP contribution in [0.1, 0.15) is 34.2 Å². The molecular formula is C14H15FN2O2. The molecule has 0 spiro atoms. The monoisotopic (exact) mass is 262 g/mol. The van der Waals surface area contributed by atoms with Gasteiger partial charge in [0.1, 0.15) is 11.5 Å². The van der Waals surface area contributed by atoms with E-state index in [4.69, 9.17) is 4.74 Å². The molecule has 1 heterocycles. The van der Waals surface area contributed by atoms with Gasteiger partial charge in [-0.05, 0) is 31.5 Å². The van der Waals surface area contributed by atoms with Gasteiger partial charge in [0.15, 0.2) is 0 Å². The van der Waals surface area contributed by atoms with Crippen molar-refractivity contribution < 1.29 is 13.9 Å². The molecular weight excluding hydrogens is 247 g/mol. The van der Waals surface area contributed by atoms with Crippen LogP contribution in [0.3, 0.4) is 0 Å². The first kappa shape index (κ1) is 13.3. The van der Waals surface area contributed by atoms with Crippen LogP contribution >= 0.6 is 0 Å². The number of H-pyrrole nitrogens is 1. The van der Waals surface area contributed by atoms with Crippen molar-refractivity contribution in [1.29, 1.82) is 0 Å². The van der Waals surface area contributed by atoms with Gasteiger partial charge in [0, 0.05) is 12.0 Å². The number of halogens is 1. The number of hydrogen-bond donors (Lipinski definition) is 1. The lowest BCUT2D eigenvalue weighted by Crippen LogP contribution is -2.08. The Bertz CT molecular complexity index is 576. The summed E-state index contributed by atoms with van der Waals surface area (Å²) >= 11 is 0. The third-order valence-electron chi connectivity index (χ3n) is 2.85. The molecule has 19 heavy (non-hydrogen) atoms. The standard InChI is InChI=1S/C14H15FN2O2/c1-3-19-14(18)13-12(9(2)16-17-13)8-10-4-6-11(15)7-5-10/h4-7H,3,8H2,1-2H3,(H,16,17). The SMILES string of the molecule is CCOC(=O)c1[nH]nc(C)c1Cc1ccc(F)cc1. The molecule has 2 rings (SSSR count). The zero-order valence-electron chi connectivity index (χ0n) is 10.9. The molecule has 0 bridgehead atoms. The zero-order valence-corrected chi connectivity index (χ0v) is 10.9. The summed E-state index contributed by atoms with van der Waals surface area (Å²) in [7, 11) is 0. The minimum Gasteiger partial charge on any atom is -0.461 e. The number of benzene rings is 1. The van der Waals surface area contributed by atoms with Gasteiger partial charge in [-0.15, -0.1) is 0 Å². The first-order valence-corrected chi connectivity index (χ1v) is 6.07. The molecule has 0 radical (unpaired) electrons. The lowest BCUT2D eigenvalue weighted by Gasteiger charge is -2.04. The fourth-order valence-corrected chi connectivity index (χ4v) is 1.85. The minimum absolute atomic E-state index is 0.279. The average molecular weight is 262 g/mol. The van der Waals surface area contributed by atoms with Gasteiger partial charge in [-0.25, -0.2) is 9.18 Å². The van der Waals surface area contributed by atoms with Crippen LogP contribution in [0.4, 0.5) is 4.39 Å². The largest absolute Gasteiger partial charge is 0.461 e. The third kappa shape index (κ3) is 2.99. The number of ether oxygens (including phenoxy) is 1. The van der Waals surface area contributed by atoms with E-state index in [9.17, 15) is 9.18 Å². The summed E-state index contributed by atoms with van der Waals surface area (Å²) in [6.07, 6.45) is 0.511. The molecule has 0 atom stereocenters. The van der Waals surface area contributed by atoms with Crippen LogP contribution in [-0.2, 0) is 11.2 Å². The number of esters is 1. The number of aryl methyl sites for hydroxylation is 1. The maximum Gasteiger partial charge on any atom is 0.356 e. The first-order valence-electron chi connectivity index (χ1n) is 6.07. The molecule has 0 aliphatic rings. The topological polar surface area (TPSA) is 55.0 Å². The molecule has 4 nitrogen and oxygen atoms in total. The number of aromatic amines is 1. The van der Waals surface area contributed by atoms with Crippen molar-refractivity contribution in [1.82, 2.24) is 10.2 Å². The van der Waals surface area contributed by atoms with E-state index in [1.54, 1.807) is 19.1 Å². The number of rotatable bonds is 4. The number of nitrogens with zero attached hydrogens (tertiary/aromatic N) is 1. The lowest BCUT2D eigenvalue weighted by atomic mass is 10.0. The average Bonchev–Trinajstić information content (AvgIpc) is 2.74. The third-order valence-corrected chi connectivity index (χ3v) is 2.85. The summed E-state index contributed by atoms with van der Waals surface area (Å²) in [4.78, 5) is 11.8. The van der Waals surface area contributed by atoms with Crippen molar-refractivity contribution in [2.75, 3.05) is 6.61 Å². The summed E-state index contributed by atoms with van der Waals surface area (Å²) in [6.45, 7) is 3.88.